The Morgan fingerprint density at radius 1 is 1.48 bits per heavy atom. The normalized spacial score (nSPS) is 13.6. The zero-order chi connectivity index (χ0) is 16.9. The first-order chi connectivity index (χ1) is 10.9. The molecule has 1 atom stereocenters. The van der Waals surface area contributed by atoms with Crippen LogP contribution in [0, 0.1) is 6.92 Å². The van der Waals surface area contributed by atoms with Crippen molar-refractivity contribution in [3.8, 4) is 0 Å². The molecule has 0 radical (unpaired) electrons. The summed E-state index contributed by atoms with van der Waals surface area (Å²) in [4.78, 5) is 11.9. The van der Waals surface area contributed by atoms with Gasteiger partial charge < -0.3 is 10.4 Å². The highest BCUT2D eigenvalue weighted by Gasteiger charge is 2.25. The second-order valence-corrected chi connectivity index (χ2v) is 6.92. The third-order valence-electron chi connectivity index (χ3n) is 3.54. The summed E-state index contributed by atoms with van der Waals surface area (Å²) in [6, 6.07) is 8.26. The van der Waals surface area contributed by atoms with Crippen LogP contribution in [0.4, 0.5) is 0 Å². The van der Waals surface area contributed by atoms with Crippen molar-refractivity contribution in [2.75, 3.05) is 12.3 Å². The molecule has 23 heavy (non-hydrogen) atoms. The average Bonchev–Trinajstić information content (AvgIpc) is 2.93. The van der Waals surface area contributed by atoms with Crippen LogP contribution in [0.3, 0.4) is 0 Å². The maximum absolute atomic E-state index is 11.9. The molecule has 0 bridgehead atoms. The molecule has 0 spiro atoms. The minimum absolute atomic E-state index is 0.0770. The van der Waals surface area contributed by atoms with Crippen molar-refractivity contribution in [2.45, 2.75) is 25.2 Å². The lowest BCUT2D eigenvalue weighted by molar-refractivity contribution is -0.119. The summed E-state index contributed by atoms with van der Waals surface area (Å²) in [6.45, 7) is 3.90. The summed E-state index contributed by atoms with van der Waals surface area (Å²) in [5, 5.41) is 17.2. The van der Waals surface area contributed by atoms with E-state index in [1.165, 1.54) is 11.1 Å². The summed E-state index contributed by atoms with van der Waals surface area (Å²) in [5.74, 6) is 1.09. The number of nitrogens with zero attached hydrogens (tertiary/aromatic N) is 2. The quantitative estimate of drug-likeness (QED) is 0.813. The molecule has 1 aromatic carbocycles. The fourth-order valence-corrected chi connectivity index (χ4v) is 2.99. The van der Waals surface area contributed by atoms with Gasteiger partial charge in [-0.25, -0.2) is 0 Å². The van der Waals surface area contributed by atoms with Gasteiger partial charge in [-0.2, -0.15) is 5.10 Å². The first kappa shape index (κ1) is 17.6. The van der Waals surface area contributed by atoms with E-state index in [2.05, 4.69) is 35.5 Å². The molecule has 1 heterocycles. The van der Waals surface area contributed by atoms with Crippen LogP contribution in [0.2, 0.25) is 0 Å². The number of rotatable bonds is 7. The van der Waals surface area contributed by atoms with E-state index in [1.807, 2.05) is 6.07 Å². The van der Waals surface area contributed by atoms with Crippen LogP contribution in [-0.4, -0.2) is 33.1 Å². The summed E-state index contributed by atoms with van der Waals surface area (Å²) in [7, 11) is 1.79. The van der Waals surface area contributed by atoms with Gasteiger partial charge in [-0.1, -0.05) is 29.8 Å². The van der Waals surface area contributed by atoms with Gasteiger partial charge in [-0.05, 0) is 19.4 Å². The molecule has 2 rings (SSSR count). The number of carbonyl (C=O) groups is 1. The number of nitrogens with one attached hydrogen (secondary N) is 1. The average molecular weight is 333 g/mol. The van der Waals surface area contributed by atoms with Gasteiger partial charge in [0, 0.05) is 24.6 Å². The van der Waals surface area contributed by atoms with E-state index in [0.29, 0.717) is 11.3 Å². The number of carbonyl (C=O) groups excluding carboxylic acids is 1. The van der Waals surface area contributed by atoms with Crippen molar-refractivity contribution in [1.29, 1.82) is 0 Å². The molecule has 0 fully saturated rings. The molecule has 124 valence electrons. The molecule has 2 N–H and O–H groups in total. The van der Waals surface area contributed by atoms with Gasteiger partial charge >= 0.3 is 0 Å². The fraction of sp³-hybridized carbons (Fsp3) is 0.412. The minimum atomic E-state index is -1.12. The van der Waals surface area contributed by atoms with Crippen molar-refractivity contribution in [1.82, 2.24) is 15.1 Å². The molecule has 5 nitrogen and oxygen atoms in total. The van der Waals surface area contributed by atoms with E-state index in [-0.39, 0.29) is 12.5 Å². The summed E-state index contributed by atoms with van der Waals surface area (Å²) in [5.41, 5.74) is 2.00. The van der Waals surface area contributed by atoms with Crippen molar-refractivity contribution < 1.29 is 9.90 Å². The molecule has 1 aromatic heterocycles. The topological polar surface area (TPSA) is 67.2 Å². The first-order valence-corrected chi connectivity index (χ1v) is 8.64. The van der Waals surface area contributed by atoms with E-state index in [0.717, 1.165) is 5.75 Å². The van der Waals surface area contributed by atoms with Gasteiger partial charge in [-0.3, -0.25) is 9.48 Å². The van der Waals surface area contributed by atoms with Crippen LogP contribution in [0.15, 0.2) is 36.7 Å². The third kappa shape index (κ3) is 5.41. The van der Waals surface area contributed by atoms with Crippen LogP contribution < -0.4 is 5.32 Å². The molecule has 0 saturated carbocycles. The Bertz CT molecular complexity index is 667. The van der Waals surface area contributed by atoms with Gasteiger partial charge in [0.2, 0.25) is 5.91 Å². The van der Waals surface area contributed by atoms with Gasteiger partial charge in [0.05, 0.1) is 18.5 Å². The van der Waals surface area contributed by atoms with Gasteiger partial charge in [0.1, 0.15) is 5.60 Å². The number of aromatic nitrogens is 2. The van der Waals surface area contributed by atoms with Crippen molar-refractivity contribution in [3.63, 3.8) is 0 Å². The first-order valence-electron chi connectivity index (χ1n) is 7.48. The van der Waals surface area contributed by atoms with Crippen LogP contribution in [0.25, 0.3) is 0 Å². The van der Waals surface area contributed by atoms with Crippen LogP contribution >= 0.6 is 11.8 Å². The highest BCUT2D eigenvalue weighted by Crippen LogP contribution is 2.18. The monoisotopic (exact) mass is 333 g/mol. The number of benzene rings is 1. The lowest BCUT2D eigenvalue weighted by atomic mass is 10.00. The number of aryl methyl sites for hydroxylation is 2. The predicted molar refractivity (Wildman–Crippen MR) is 93.1 cm³/mol. The number of hydrogen-bond donors (Lipinski definition) is 2. The molecular weight excluding hydrogens is 310 g/mol. The fourth-order valence-electron chi connectivity index (χ4n) is 2.19. The summed E-state index contributed by atoms with van der Waals surface area (Å²) >= 11 is 1.56. The zero-order valence-electron chi connectivity index (χ0n) is 13.7. The number of hydrogen-bond acceptors (Lipinski definition) is 4. The van der Waals surface area contributed by atoms with Crippen molar-refractivity contribution >= 4 is 17.7 Å². The van der Waals surface area contributed by atoms with Crippen molar-refractivity contribution in [3.05, 3.63) is 53.3 Å². The van der Waals surface area contributed by atoms with Gasteiger partial charge in [0.25, 0.3) is 0 Å². The number of amides is 1. The van der Waals surface area contributed by atoms with E-state index in [1.54, 1.807) is 42.8 Å². The Morgan fingerprint density at radius 3 is 2.91 bits per heavy atom. The Labute approximate surface area is 141 Å². The van der Waals surface area contributed by atoms with E-state index < -0.39 is 5.60 Å². The summed E-state index contributed by atoms with van der Waals surface area (Å²) in [6.07, 6.45) is 3.36. The Hall–Kier alpha value is -1.79. The minimum Gasteiger partial charge on any atom is -0.383 e. The maximum atomic E-state index is 11.9. The van der Waals surface area contributed by atoms with E-state index in [9.17, 15) is 9.90 Å². The van der Waals surface area contributed by atoms with E-state index in [4.69, 9.17) is 0 Å². The number of thioether (sulfide) groups is 1. The highest BCUT2D eigenvalue weighted by molar-refractivity contribution is 7.99. The van der Waals surface area contributed by atoms with Crippen LogP contribution in [-0.2, 0) is 23.2 Å². The smallest absolute Gasteiger partial charge is 0.230 e. The molecule has 2 aromatic rings. The standard InChI is InChI=1S/C17H23N3O2S/c1-13-5-4-6-14(7-13)10-23-11-16(21)18-12-17(2,22)15-8-19-20(3)9-15/h4-9,22H,10-12H2,1-3H3,(H,18,21). The summed E-state index contributed by atoms with van der Waals surface area (Å²) < 4.78 is 1.63. The maximum Gasteiger partial charge on any atom is 0.230 e. The molecular formula is C17H23N3O2S. The second-order valence-electron chi connectivity index (χ2n) is 5.94. The molecule has 0 aliphatic carbocycles. The largest absolute Gasteiger partial charge is 0.383 e. The highest BCUT2D eigenvalue weighted by atomic mass is 32.2. The predicted octanol–water partition coefficient (Wildman–Crippen LogP) is 1.99. The van der Waals surface area contributed by atoms with Crippen LogP contribution in [0.1, 0.15) is 23.6 Å². The molecule has 0 saturated heterocycles. The van der Waals surface area contributed by atoms with Gasteiger partial charge in [0.15, 0.2) is 0 Å². The Morgan fingerprint density at radius 2 is 2.26 bits per heavy atom. The van der Waals surface area contributed by atoms with Crippen molar-refractivity contribution in [2.24, 2.45) is 7.05 Å². The Balaban J connectivity index is 1.74. The van der Waals surface area contributed by atoms with Crippen LogP contribution in [0.5, 0.6) is 0 Å². The molecule has 0 aliphatic rings. The molecule has 1 amide bonds. The molecule has 1 unspecified atom stereocenters. The third-order valence-corrected chi connectivity index (χ3v) is 4.54. The van der Waals surface area contributed by atoms with Gasteiger partial charge in [-0.15, -0.1) is 11.8 Å². The SMILES string of the molecule is Cc1cccc(CSCC(=O)NCC(C)(O)c2cnn(C)c2)c1. The molecule has 0 aliphatic heterocycles. The lowest BCUT2D eigenvalue weighted by Crippen LogP contribution is -2.39. The van der Waals surface area contributed by atoms with E-state index >= 15 is 0 Å². The zero-order valence-corrected chi connectivity index (χ0v) is 14.6. The number of aliphatic hydroxyl groups is 1. The lowest BCUT2D eigenvalue weighted by Gasteiger charge is -2.22. The Kier molecular flexibility index (Phi) is 5.85. The molecule has 6 heteroatoms. The second kappa shape index (κ2) is 7.66.